The number of hydrogen-bond donors (Lipinski definition) is 11. The Bertz CT molecular complexity index is 1860. The molecule has 27 unspecified atom stereocenters. The highest BCUT2D eigenvalue weighted by Crippen LogP contribution is 2.79. The third-order valence-electron chi connectivity index (χ3n) is 20.1. The number of ether oxygens (including phenoxy) is 7. The van der Waals surface area contributed by atoms with Crippen LogP contribution in [0.1, 0.15) is 92.9 Å². The molecule has 19 nitrogen and oxygen atoms in total. The first-order chi connectivity index (χ1) is 31.5. The minimum absolute atomic E-state index is 0.00849. The fourth-order valence-electron chi connectivity index (χ4n) is 15.7. The molecular weight excluding hydrogens is 881 g/mol. The highest BCUT2D eigenvalue weighted by molar-refractivity contribution is 5.59. The fraction of sp³-hybridized carbons (Fsp3) is 0.938. The van der Waals surface area contributed by atoms with E-state index in [4.69, 9.17) is 33.2 Å². The second kappa shape index (κ2) is 17.4. The number of aliphatic hydroxyl groups excluding tert-OH is 11. The van der Waals surface area contributed by atoms with Crippen molar-refractivity contribution in [3.05, 3.63) is 12.2 Å². The van der Waals surface area contributed by atoms with Gasteiger partial charge in [0, 0.05) is 27.6 Å². The highest BCUT2D eigenvalue weighted by atomic mass is 16.8. The molecule has 19 heteroatoms. The van der Waals surface area contributed by atoms with Crippen LogP contribution in [0.4, 0.5) is 0 Å². The van der Waals surface area contributed by atoms with Crippen molar-refractivity contribution < 1.29 is 94.1 Å². The summed E-state index contributed by atoms with van der Waals surface area (Å²) in [6.45, 7) is 11.1. The largest absolute Gasteiger partial charge is 0.396 e. The lowest BCUT2D eigenvalue weighted by Crippen LogP contribution is -2.73. The summed E-state index contributed by atoms with van der Waals surface area (Å²) in [5.41, 5.74) is -3.78. The summed E-state index contributed by atoms with van der Waals surface area (Å²) in [6, 6.07) is 0. The third kappa shape index (κ3) is 7.14. The first-order valence-corrected chi connectivity index (χ1v) is 24.5. The minimum atomic E-state index is -1.90. The zero-order chi connectivity index (χ0) is 48.6. The van der Waals surface area contributed by atoms with Gasteiger partial charge in [0.1, 0.15) is 73.4 Å². The van der Waals surface area contributed by atoms with Crippen molar-refractivity contribution in [1.82, 2.24) is 0 Å². The van der Waals surface area contributed by atoms with E-state index < -0.39 is 150 Å². The first kappa shape index (κ1) is 50.6. The molecule has 67 heavy (non-hydrogen) atoms. The van der Waals surface area contributed by atoms with Crippen LogP contribution in [0.2, 0.25) is 0 Å². The van der Waals surface area contributed by atoms with E-state index in [2.05, 4.69) is 32.9 Å². The molecule has 9 aliphatic rings. The van der Waals surface area contributed by atoms with Gasteiger partial charge in [-0.2, -0.15) is 0 Å². The van der Waals surface area contributed by atoms with Crippen molar-refractivity contribution in [3.8, 4) is 0 Å². The van der Waals surface area contributed by atoms with Gasteiger partial charge in [-0.3, -0.25) is 0 Å². The number of aliphatic hydroxyl groups is 11. The van der Waals surface area contributed by atoms with Crippen LogP contribution in [-0.2, 0) is 38.0 Å². The predicted octanol–water partition coefficient (Wildman–Crippen LogP) is -1.22. The lowest BCUT2D eigenvalue weighted by atomic mass is 9.32. The Morgan fingerprint density at radius 3 is 1.85 bits per heavy atom. The van der Waals surface area contributed by atoms with Gasteiger partial charge in [-0.05, 0) is 81.0 Å². The molecule has 382 valence electrons. The molecule has 27 atom stereocenters. The van der Waals surface area contributed by atoms with Gasteiger partial charge in [-0.1, -0.05) is 46.8 Å². The van der Waals surface area contributed by atoms with Crippen molar-refractivity contribution in [3.63, 3.8) is 0 Å². The molecule has 4 saturated carbocycles. The monoisotopic (exact) mass is 956 g/mol. The molecule has 8 fully saturated rings. The number of rotatable bonds is 10. The van der Waals surface area contributed by atoms with E-state index in [-0.39, 0.29) is 29.8 Å². The second-order valence-corrected chi connectivity index (χ2v) is 23.4. The van der Waals surface area contributed by atoms with E-state index in [1.165, 1.54) is 6.92 Å². The molecule has 4 aliphatic heterocycles. The summed E-state index contributed by atoms with van der Waals surface area (Å²) >= 11 is 0. The van der Waals surface area contributed by atoms with Crippen molar-refractivity contribution in [1.29, 1.82) is 0 Å². The first-order valence-electron chi connectivity index (χ1n) is 24.5. The molecule has 4 saturated heterocycles. The molecule has 0 aromatic carbocycles. The summed E-state index contributed by atoms with van der Waals surface area (Å²) in [5.74, 6) is -0.176. The third-order valence-corrected chi connectivity index (χ3v) is 20.1. The lowest BCUT2D eigenvalue weighted by Gasteiger charge is -2.73. The van der Waals surface area contributed by atoms with Crippen molar-refractivity contribution in [2.45, 2.75) is 203 Å². The molecule has 9 rings (SSSR count). The van der Waals surface area contributed by atoms with Gasteiger partial charge in [0.05, 0.1) is 50.3 Å². The van der Waals surface area contributed by atoms with Gasteiger partial charge in [0.2, 0.25) is 0 Å². The Balaban J connectivity index is 1.03. The molecule has 4 heterocycles. The standard InChI is InChI=1S/C48H76O19/c1-22-30(54)37(66-39-35(59)33(57)31(55)23(17-49)63-39)38(67-40-36(60)34(58)32(56)24(18-50)64-40)41(62-22)65-29-9-10-43(3)25(44(29,4)20-52)7-11-45(5)26(43)8-12-48-27-15-42(2,19-51)13-14-47(27,21-61-48)28(53)16-46(45,48)6/h8,12,19,22-41,49-50,52-60H,7,9-11,13-18,20-21H2,1-6H3. The topological polar surface area (TPSA) is 304 Å². The van der Waals surface area contributed by atoms with E-state index in [0.29, 0.717) is 45.1 Å². The molecule has 0 radical (unpaired) electrons. The quantitative estimate of drug-likeness (QED) is 0.0695. The smallest absolute Gasteiger partial charge is 0.187 e. The summed E-state index contributed by atoms with van der Waals surface area (Å²) in [4.78, 5) is 12.5. The van der Waals surface area contributed by atoms with E-state index in [1.807, 2.05) is 13.8 Å². The minimum Gasteiger partial charge on any atom is -0.396 e. The van der Waals surface area contributed by atoms with Gasteiger partial charge in [0.15, 0.2) is 18.9 Å². The van der Waals surface area contributed by atoms with E-state index in [9.17, 15) is 61.0 Å². The van der Waals surface area contributed by atoms with Crippen LogP contribution in [0.15, 0.2) is 12.2 Å². The molecular formula is C48H76O19. The number of aldehydes is 1. The Kier molecular flexibility index (Phi) is 13.2. The lowest BCUT2D eigenvalue weighted by molar-refractivity contribution is -0.398. The zero-order valence-electron chi connectivity index (χ0n) is 39.4. The molecule has 1 spiro atoms. The molecule has 0 aromatic heterocycles. The predicted molar refractivity (Wildman–Crippen MR) is 230 cm³/mol. The van der Waals surface area contributed by atoms with Crippen LogP contribution in [0, 0.1) is 50.2 Å². The maximum atomic E-state index is 12.5. The average molecular weight is 957 g/mol. The fourth-order valence-corrected chi connectivity index (χ4v) is 15.7. The van der Waals surface area contributed by atoms with E-state index in [0.717, 1.165) is 19.1 Å². The van der Waals surface area contributed by atoms with Gasteiger partial charge in [0.25, 0.3) is 0 Å². The second-order valence-electron chi connectivity index (χ2n) is 23.4. The van der Waals surface area contributed by atoms with Crippen LogP contribution in [0.5, 0.6) is 0 Å². The summed E-state index contributed by atoms with van der Waals surface area (Å²) in [5, 5.41) is 120. The van der Waals surface area contributed by atoms with Crippen LogP contribution in [0.3, 0.4) is 0 Å². The van der Waals surface area contributed by atoms with E-state index >= 15 is 0 Å². The van der Waals surface area contributed by atoms with Crippen molar-refractivity contribution >= 4 is 6.29 Å². The maximum absolute atomic E-state index is 12.5. The Labute approximate surface area is 391 Å². The Morgan fingerprint density at radius 1 is 0.657 bits per heavy atom. The van der Waals surface area contributed by atoms with Gasteiger partial charge in [-0.25, -0.2) is 0 Å². The number of fused-ring (bicyclic) bond motifs is 4. The summed E-state index contributed by atoms with van der Waals surface area (Å²) < 4.78 is 44.2. The molecule has 11 N–H and O–H groups in total. The van der Waals surface area contributed by atoms with Gasteiger partial charge < -0.3 is 94.1 Å². The number of carbonyl (C=O) groups is 1. The van der Waals surface area contributed by atoms with Gasteiger partial charge in [-0.15, -0.1) is 0 Å². The molecule has 5 aliphatic carbocycles. The molecule has 0 amide bonds. The van der Waals surface area contributed by atoms with E-state index in [1.54, 1.807) is 0 Å². The number of allylic oxidation sites excluding steroid dienone is 1. The van der Waals surface area contributed by atoms with Crippen LogP contribution in [-0.4, -0.2) is 199 Å². The van der Waals surface area contributed by atoms with Crippen LogP contribution in [0.25, 0.3) is 0 Å². The van der Waals surface area contributed by atoms with Crippen molar-refractivity contribution in [2.24, 2.45) is 50.2 Å². The summed E-state index contributed by atoms with van der Waals surface area (Å²) in [7, 11) is 0. The highest BCUT2D eigenvalue weighted by Gasteiger charge is 2.79. The Morgan fingerprint density at radius 2 is 1.27 bits per heavy atom. The average Bonchev–Trinajstić information content (AvgIpc) is 3.58. The Hall–Kier alpha value is -1.31. The van der Waals surface area contributed by atoms with Gasteiger partial charge >= 0.3 is 0 Å². The number of hydrogen-bond acceptors (Lipinski definition) is 19. The summed E-state index contributed by atoms with van der Waals surface area (Å²) in [6.07, 6.45) is -14.9. The zero-order valence-corrected chi connectivity index (χ0v) is 39.4. The normalized spacial score (nSPS) is 59.4. The molecule has 2 bridgehead atoms. The van der Waals surface area contributed by atoms with Crippen molar-refractivity contribution in [2.75, 3.05) is 26.4 Å². The SMILES string of the molecule is CC1OC(OC2CCC3(C)C(CCC4(C)C3C=CC35OCC6(CCC(C)(C=O)CC63)C(O)CC45C)C2(C)CO)C(OC2OC(CO)C(O)C(O)C2O)C(OC2OC(CO)C(O)C(O)C2O)C1O. The van der Waals surface area contributed by atoms with Crippen LogP contribution < -0.4 is 0 Å². The molecule has 0 aromatic rings. The van der Waals surface area contributed by atoms with Crippen LogP contribution >= 0.6 is 0 Å². The maximum Gasteiger partial charge on any atom is 0.187 e. The number of carbonyl (C=O) groups excluding carboxylic acids is 1.